The van der Waals surface area contributed by atoms with Crippen molar-refractivity contribution in [2.24, 2.45) is 17.8 Å². The van der Waals surface area contributed by atoms with E-state index < -0.39 is 23.6 Å². The van der Waals surface area contributed by atoms with Gasteiger partial charge in [-0.25, -0.2) is 26.9 Å². The fraction of sp³-hybridized carbons (Fsp3) is 0.448. The highest BCUT2D eigenvalue weighted by Crippen LogP contribution is 2.31. The highest BCUT2D eigenvalue weighted by molar-refractivity contribution is 7.20. The second kappa shape index (κ2) is 37.7. The number of carbonyl (C=O) groups is 8. The number of rotatable bonds is 22. The number of amides is 8. The average Bonchev–Trinajstić information content (AvgIpc) is 1.92. The van der Waals surface area contributed by atoms with Gasteiger partial charge in [0.2, 0.25) is 23.6 Å². The van der Waals surface area contributed by atoms with Gasteiger partial charge in [-0.1, -0.05) is 76.8 Å². The molecule has 0 unspecified atom stereocenters. The largest absolute Gasteiger partial charge is 0.481 e. The number of hydrogen-bond acceptors (Lipinski definition) is 18. The Morgan fingerprint density at radius 1 is 0.548 bits per heavy atom. The number of piperidine rings is 1. The van der Waals surface area contributed by atoms with Crippen LogP contribution in [0.15, 0.2) is 104 Å². The summed E-state index contributed by atoms with van der Waals surface area (Å²) in [7, 11) is 3.54. The van der Waals surface area contributed by atoms with Gasteiger partial charge in [-0.05, 0) is 161 Å². The predicted molar refractivity (Wildman–Crippen MR) is 347 cm³/mol. The van der Waals surface area contributed by atoms with Crippen molar-refractivity contribution >= 4 is 68.7 Å². The van der Waals surface area contributed by atoms with Gasteiger partial charge in [-0.3, -0.25) is 69.2 Å². The first-order valence-electron chi connectivity index (χ1n) is 31.5. The molecule has 1 aliphatic heterocycles. The number of hydrogen-bond donors (Lipinski definition) is 12. The number of benzene rings is 2. The Morgan fingerprint density at radius 2 is 1.02 bits per heavy atom. The Bertz CT molecular complexity index is 3410. The van der Waals surface area contributed by atoms with E-state index in [9.17, 15) is 38.4 Å². The number of ether oxygens (including phenoxy) is 1. The van der Waals surface area contributed by atoms with Crippen LogP contribution in [0, 0.1) is 17.8 Å². The third-order valence-electron chi connectivity index (χ3n) is 16.8. The standard InChI is InChI=1S/C18H17N3O3S.C17H24N2O3.C16H24N4O3.C16H23N3O4/c1-2-14(12-7-13(10-19-9-12)17(22)21-24)20-18(23)16-8-11-5-3-4-6-15(11)25-16;1-2-15(18-16(20)11-12-5-3-4-6-12)13-7-9-14(10-8-13)17(21)19-22;1-3-14(12-8-13(10-17-9-12)16(22)19-23)18-15(21)11-4-6-20(2)7-5-11;1-10(18-14(20)7-11-5-3-4-6-11)13-8-12(15(21)19-22)9-17-16(13)23-2/h3-10,14,24H,2H2,1H3,(H,20,23)(H,21,22);7-10,12,15,22H,2-6,11H2,1H3,(H,18,20)(H,19,21);8-11,14,23H,3-7H2,1-2H3,(H,18,21)(H,19,22);8-11,22H,3-7H2,1-2H3,(H,18,20)(H,19,21)/t14-;15-;14-;10-/m0000/s1. The smallest absolute Gasteiger partial charge is 0.276 e. The summed E-state index contributed by atoms with van der Waals surface area (Å²) < 4.78 is 6.25. The summed E-state index contributed by atoms with van der Waals surface area (Å²) in [5.74, 6) is -1.08. The van der Waals surface area contributed by atoms with Crippen molar-refractivity contribution in [2.75, 3.05) is 27.2 Å². The molecule has 0 radical (unpaired) electrons. The molecule has 93 heavy (non-hydrogen) atoms. The maximum atomic E-state index is 12.6. The number of likely N-dealkylation sites (tertiary alicyclic amines) is 1. The summed E-state index contributed by atoms with van der Waals surface area (Å²) in [6.45, 7) is 9.61. The zero-order valence-electron chi connectivity index (χ0n) is 53.5. The molecular formula is C67H88N12O13S. The summed E-state index contributed by atoms with van der Waals surface area (Å²) in [6.07, 6.45) is 21.7. The number of carbonyl (C=O) groups excluding carboxylic acids is 8. The molecule has 1 saturated heterocycles. The van der Waals surface area contributed by atoms with Crippen molar-refractivity contribution in [3.63, 3.8) is 0 Å². The lowest BCUT2D eigenvalue weighted by molar-refractivity contribution is -0.127. The topological polar surface area (TPSA) is 365 Å². The van der Waals surface area contributed by atoms with Gasteiger partial charge in [0.05, 0.1) is 52.8 Å². The Labute approximate surface area is 545 Å². The first-order chi connectivity index (χ1) is 44.8. The highest BCUT2D eigenvalue weighted by Gasteiger charge is 2.27. The number of nitrogens with one attached hydrogen (secondary N) is 8. The van der Waals surface area contributed by atoms with E-state index in [2.05, 4.69) is 48.2 Å². The van der Waals surface area contributed by atoms with Crippen LogP contribution in [0.2, 0.25) is 0 Å². The number of nitrogens with zero attached hydrogens (tertiary/aromatic N) is 4. The molecule has 26 heteroatoms. The summed E-state index contributed by atoms with van der Waals surface area (Å²) >= 11 is 1.44. The minimum absolute atomic E-state index is 0.0107. The molecule has 8 amide bonds. The normalized spacial score (nSPS) is 15.3. The Balaban J connectivity index is 0.000000197. The van der Waals surface area contributed by atoms with Crippen LogP contribution in [-0.4, -0.2) is 115 Å². The molecule has 2 saturated carbocycles. The lowest BCUT2D eigenvalue weighted by Gasteiger charge is -2.29. The molecule has 2 aromatic carbocycles. The third kappa shape index (κ3) is 22.2. The lowest BCUT2D eigenvalue weighted by Crippen LogP contribution is -2.40. The van der Waals surface area contributed by atoms with Gasteiger partial charge in [0.25, 0.3) is 29.5 Å². The molecule has 4 aromatic heterocycles. The molecular weight excluding hydrogens is 1210 g/mol. The summed E-state index contributed by atoms with van der Waals surface area (Å²) in [5, 5.41) is 47.9. The van der Waals surface area contributed by atoms with E-state index in [1.54, 1.807) is 64.6 Å². The first-order valence-corrected chi connectivity index (χ1v) is 32.4. The highest BCUT2D eigenvalue weighted by atomic mass is 32.1. The molecule has 0 spiro atoms. The van der Waals surface area contributed by atoms with Crippen molar-refractivity contribution in [3.05, 3.63) is 153 Å². The average molecular weight is 1300 g/mol. The van der Waals surface area contributed by atoms with E-state index in [0.717, 1.165) is 79.2 Å². The summed E-state index contributed by atoms with van der Waals surface area (Å²) in [5.41, 5.74) is 10.4. The van der Waals surface area contributed by atoms with E-state index >= 15 is 0 Å². The van der Waals surface area contributed by atoms with E-state index in [-0.39, 0.29) is 70.4 Å². The molecule has 4 atom stereocenters. The monoisotopic (exact) mass is 1300 g/mol. The zero-order valence-corrected chi connectivity index (χ0v) is 54.4. The molecule has 0 bridgehead atoms. The van der Waals surface area contributed by atoms with Gasteiger partial charge in [0.1, 0.15) is 0 Å². The van der Waals surface area contributed by atoms with Crippen LogP contribution < -0.4 is 47.9 Å². The second-order valence-electron chi connectivity index (χ2n) is 23.4. The van der Waals surface area contributed by atoms with Crippen molar-refractivity contribution in [3.8, 4) is 5.88 Å². The number of fused-ring (bicyclic) bond motifs is 1. The Hall–Kier alpha value is -8.79. The van der Waals surface area contributed by atoms with Crippen LogP contribution >= 0.6 is 11.3 Å². The van der Waals surface area contributed by atoms with Crippen molar-refractivity contribution in [1.82, 2.24) is 63.0 Å². The zero-order chi connectivity index (χ0) is 67.4. The minimum Gasteiger partial charge on any atom is -0.481 e. The molecule has 25 nitrogen and oxygen atoms in total. The second-order valence-corrected chi connectivity index (χ2v) is 24.5. The fourth-order valence-corrected chi connectivity index (χ4v) is 12.4. The van der Waals surface area contributed by atoms with Crippen molar-refractivity contribution in [1.29, 1.82) is 0 Å². The summed E-state index contributed by atoms with van der Waals surface area (Å²) in [6, 6.07) is 20.6. The quantitative estimate of drug-likeness (QED) is 0.0222. The van der Waals surface area contributed by atoms with Crippen LogP contribution in [0.5, 0.6) is 5.88 Å². The molecule has 500 valence electrons. The molecule has 2 aliphatic carbocycles. The molecule has 3 aliphatic rings. The maximum absolute atomic E-state index is 12.6. The predicted octanol–water partition coefficient (Wildman–Crippen LogP) is 9.33. The fourth-order valence-electron chi connectivity index (χ4n) is 11.5. The van der Waals surface area contributed by atoms with Gasteiger partial charge in [-0.2, -0.15) is 0 Å². The molecule has 6 aromatic rings. The molecule has 12 N–H and O–H groups in total. The first kappa shape index (κ1) is 73.3. The number of hydroxylamine groups is 4. The number of pyridine rings is 3. The maximum Gasteiger partial charge on any atom is 0.276 e. The number of methoxy groups -OCH3 is 1. The number of aromatic nitrogens is 3. The van der Waals surface area contributed by atoms with E-state index in [4.69, 9.17) is 25.6 Å². The van der Waals surface area contributed by atoms with Crippen LogP contribution in [0.4, 0.5) is 0 Å². The van der Waals surface area contributed by atoms with Crippen LogP contribution in [0.25, 0.3) is 10.1 Å². The van der Waals surface area contributed by atoms with E-state index in [1.807, 2.05) is 70.2 Å². The lowest BCUT2D eigenvalue weighted by atomic mass is 9.95. The molecule has 3 fully saturated rings. The van der Waals surface area contributed by atoms with Gasteiger partial charge in [-0.15, -0.1) is 11.3 Å². The Kier molecular flexibility index (Phi) is 29.7. The van der Waals surface area contributed by atoms with Gasteiger partial charge in [0, 0.05) is 65.6 Å². The van der Waals surface area contributed by atoms with Gasteiger partial charge in [0.15, 0.2) is 0 Å². The van der Waals surface area contributed by atoms with Gasteiger partial charge < -0.3 is 30.9 Å². The molecule has 5 heterocycles. The third-order valence-corrected chi connectivity index (χ3v) is 17.9. The van der Waals surface area contributed by atoms with Crippen LogP contribution in [0.3, 0.4) is 0 Å². The SMILES string of the molecule is CC[C@H](NC(=O)C1CCN(C)CC1)c1cncc(C(=O)NO)c1.CC[C@H](NC(=O)CC1CCCC1)c1ccc(C(=O)NO)cc1.CC[C@H](NC(=O)c1cc2ccccc2s1)c1cncc(C(=O)NO)c1.COc1ncc(C(=O)NO)cc1[C@H](C)NC(=O)CC1CCCC1. The Morgan fingerprint density at radius 3 is 1.52 bits per heavy atom. The summed E-state index contributed by atoms with van der Waals surface area (Å²) in [4.78, 5) is 110. The van der Waals surface area contributed by atoms with Crippen molar-refractivity contribution < 1.29 is 63.9 Å². The van der Waals surface area contributed by atoms with Crippen LogP contribution in [0.1, 0.15) is 222 Å². The van der Waals surface area contributed by atoms with Gasteiger partial charge >= 0.3 is 0 Å². The van der Waals surface area contributed by atoms with Crippen LogP contribution in [-0.2, 0) is 14.4 Å². The van der Waals surface area contributed by atoms with Crippen molar-refractivity contribution in [2.45, 2.75) is 148 Å². The van der Waals surface area contributed by atoms with E-state index in [1.165, 1.54) is 62.7 Å². The van der Waals surface area contributed by atoms with E-state index in [0.29, 0.717) is 65.0 Å². The molecule has 9 rings (SSSR count). The minimum atomic E-state index is -0.661. The number of thiophene rings is 1.